The minimum absolute atomic E-state index is 0.500. The molecule has 0 spiro atoms. The van der Waals surface area contributed by atoms with Crippen molar-refractivity contribution >= 4 is 11.2 Å². The highest BCUT2D eigenvalue weighted by molar-refractivity contribution is 5.63. The van der Waals surface area contributed by atoms with E-state index in [1.807, 2.05) is 29.0 Å². The molecule has 2 aromatic heterocycles. The van der Waals surface area contributed by atoms with Crippen molar-refractivity contribution in [2.45, 2.75) is 19.8 Å². The van der Waals surface area contributed by atoms with Crippen molar-refractivity contribution in [3.8, 4) is 0 Å². The molecule has 0 saturated heterocycles. The fraction of sp³-hybridized carbons (Fsp3) is 0.300. The molecule has 0 amide bonds. The van der Waals surface area contributed by atoms with Gasteiger partial charge >= 0.3 is 0 Å². The first-order valence-corrected chi connectivity index (χ1v) is 4.41. The van der Waals surface area contributed by atoms with Gasteiger partial charge in [0.15, 0.2) is 0 Å². The molecular formula is C10H13N3. The lowest BCUT2D eigenvalue weighted by molar-refractivity contribution is 0.841. The lowest BCUT2D eigenvalue weighted by Gasteiger charge is -2.06. The Hall–Kier alpha value is -1.51. The van der Waals surface area contributed by atoms with Crippen LogP contribution in [0.3, 0.4) is 0 Å². The van der Waals surface area contributed by atoms with E-state index in [4.69, 9.17) is 5.73 Å². The maximum atomic E-state index is 5.70. The highest BCUT2D eigenvalue weighted by Crippen LogP contribution is 2.21. The van der Waals surface area contributed by atoms with E-state index in [1.165, 1.54) is 5.56 Å². The molecule has 0 fully saturated rings. The number of nitrogen functional groups attached to an aromatic ring is 1. The second-order valence-corrected chi connectivity index (χ2v) is 3.54. The van der Waals surface area contributed by atoms with Crippen molar-refractivity contribution in [2.75, 3.05) is 5.73 Å². The highest BCUT2D eigenvalue weighted by atomic mass is 15.2. The van der Waals surface area contributed by atoms with Gasteiger partial charge in [0.05, 0.1) is 17.4 Å². The number of anilines is 1. The summed E-state index contributed by atoms with van der Waals surface area (Å²) in [6.07, 6.45) is 3.64. The van der Waals surface area contributed by atoms with E-state index in [2.05, 4.69) is 18.9 Å². The second kappa shape index (κ2) is 2.76. The first-order valence-electron chi connectivity index (χ1n) is 4.41. The Labute approximate surface area is 77.2 Å². The molecule has 13 heavy (non-hydrogen) atoms. The first-order chi connectivity index (χ1) is 6.18. The number of nitrogens with zero attached hydrogens (tertiary/aromatic N) is 2. The summed E-state index contributed by atoms with van der Waals surface area (Å²) in [5.41, 5.74) is 8.85. The van der Waals surface area contributed by atoms with Crippen LogP contribution < -0.4 is 5.73 Å². The number of hydrogen-bond donors (Lipinski definition) is 1. The quantitative estimate of drug-likeness (QED) is 0.720. The molecule has 2 N–H and O–H groups in total. The van der Waals surface area contributed by atoms with Gasteiger partial charge in [0.1, 0.15) is 0 Å². The maximum absolute atomic E-state index is 5.70. The van der Waals surface area contributed by atoms with E-state index in [1.54, 1.807) is 0 Å². The van der Waals surface area contributed by atoms with Gasteiger partial charge in [-0.05, 0) is 23.6 Å². The Balaban J connectivity index is 2.75. The molecule has 0 saturated carbocycles. The predicted molar refractivity (Wildman–Crippen MR) is 53.7 cm³/mol. The molecule has 68 valence electrons. The molecule has 0 unspecified atom stereocenters. The van der Waals surface area contributed by atoms with Crippen molar-refractivity contribution in [1.82, 2.24) is 9.61 Å². The van der Waals surface area contributed by atoms with Gasteiger partial charge in [0, 0.05) is 6.20 Å². The number of aromatic nitrogens is 2. The molecule has 3 heteroatoms. The van der Waals surface area contributed by atoms with E-state index in [9.17, 15) is 0 Å². The third-order valence-electron chi connectivity index (χ3n) is 2.18. The molecular weight excluding hydrogens is 162 g/mol. The van der Waals surface area contributed by atoms with Gasteiger partial charge in [-0.3, -0.25) is 0 Å². The summed E-state index contributed by atoms with van der Waals surface area (Å²) in [7, 11) is 0. The summed E-state index contributed by atoms with van der Waals surface area (Å²) < 4.78 is 1.82. The average molecular weight is 175 g/mol. The van der Waals surface area contributed by atoms with Crippen LogP contribution in [0.4, 0.5) is 5.69 Å². The van der Waals surface area contributed by atoms with Crippen LogP contribution in [0.25, 0.3) is 5.52 Å². The van der Waals surface area contributed by atoms with Crippen LogP contribution in [0.2, 0.25) is 0 Å². The molecule has 2 heterocycles. The number of rotatable bonds is 1. The van der Waals surface area contributed by atoms with Crippen molar-refractivity contribution in [3.63, 3.8) is 0 Å². The summed E-state index contributed by atoms with van der Waals surface area (Å²) in [6.45, 7) is 4.33. The smallest absolute Gasteiger partial charge is 0.0702 e. The summed E-state index contributed by atoms with van der Waals surface area (Å²) >= 11 is 0. The van der Waals surface area contributed by atoms with Crippen LogP contribution >= 0.6 is 0 Å². The Morgan fingerprint density at radius 3 is 2.92 bits per heavy atom. The third kappa shape index (κ3) is 1.26. The minimum Gasteiger partial charge on any atom is -0.397 e. The van der Waals surface area contributed by atoms with Gasteiger partial charge < -0.3 is 5.73 Å². The number of hydrogen-bond acceptors (Lipinski definition) is 2. The predicted octanol–water partition coefficient (Wildman–Crippen LogP) is 2.04. The van der Waals surface area contributed by atoms with Crippen molar-refractivity contribution < 1.29 is 0 Å². The molecule has 2 rings (SSSR count). The average Bonchev–Trinajstić information content (AvgIpc) is 2.43. The zero-order chi connectivity index (χ0) is 9.42. The fourth-order valence-corrected chi connectivity index (χ4v) is 1.54. The Morgan fingerprint density at radius 2 is 2.23 bits per heavy atom. The van der Waals surface area contributed by atoms with Gasteiger partial charge in [0.25, 0.3) is 0 Å². The van der Waals surface area contributed by atoms with E-state index in [-0.39, 0.29) is 0 Å². The van der Waals surface area contributed by atoms with E-state index in [0.29, 0.717) is 5.92 Å². The topological polar surface area (TPSA) is 43.3 Å². The monoisotopic (exact) mass is 175 g/mol. The molecule has 0 aromatic carbocycles. The summed E-state index contributed by atoms with van der Waals surface area (Å²) in [4.78, 5) is 0. The van der Waals surface area contributed by atoms with Crippen LogP contribution in [0, 0.1) is 0 Å². The lowest BCUT2D eigenvalue weighted by atomic mass is 10.0. The van der Waals surface area contributed by atoms with Gasteiger partial charge in [-0.1, -0.05) is 13.8 Å². The first kappa shape index (κ1) is 8.10. The van der Waals surface area contributed by atoms with Gasteiger partial charge in [0.2, 0.25) is 0 Å². The molecule has 2 aromatic rings. The molecule has 0 bridgehead atoms. The van der Waals surface area contributed by atoms with Crippen molar-refractivity contribution in [2.24, 2.45) is 0 Å². The van der Waals surface area contributed by atoms with E-state index < -0.39 is 0 Å². The van der Waals surface area contributed by atoms with E-state index in [0.717, 1.165) is 11.2 Å². The minimum atomic E-state index is 0.500. The summed E-state index contributed by atoms with van der Waals surface area (Å²) in [5, 5.41) is 4.18. The third-order valence-corrected chi connectivity index (χ3v) is 2.18. The Bertz CT molecular complexity index is 429. The number of fused-ring (bicyclic) bond motifs is 1. The van der Waals surface area contributed by atoms with Gasteiger partial charge in [-0.2, -0.15) is 5.10 Å². The largest absolute Gasteiger partial charge is 0.397 e. The van der Waals surface area contributed by atoms with Crippen LogP contribution in [0.5, 0.6) is 0 Å². The number of nitrogens with two attached hydrogens (primary N) is 1. The standard InChI is InChI=1S/C10H13N3/c1-7(2)9-3-4-12-13-6-8(11)5-10(9)13/h3-7H,11H2,1-2H3. The van der Waals surface area contributed by atoms with Crippen molar-refractivity contribution in [1.29, 1.82) is 0 Å². The highest BCUT2D eigenvalue weighted by Gasteiger charge is 2.06. The second-order valence-electron chi connectivity index (χ2n) is 3.54. The summed E-state index contributed by atoms with van der Waals surface area (Å²) in [5.74, 6) is 0.500. The molecule has 3 nitrogen and oxygen atoms in total. The maximum Gasteiger partial charge on any atom is 0.0702 e. The SMILES string of the molecule is CC(C)c1ccnn2cc(N)cc12. The molecule has 0 atom stereocenters. The van der Waals surface area contributed by atoms with Crippen LogP contribution in [0.1, 0.15) is 25.3 Å². The van der Waals surface area contributed by atoms with Crippen LogP contribution in [-0.4, -0.2) is 9.61 Å². The zero-order valence-corrected chi connectivity index (χ0v) is 7.86. The van der Waals surface area contributed by atoms with Crippen LogP contribution in [0.15, 0.2) is 24.5 Å². The fourth-order valence-electron chi connectivity index (χ4n) is 1.54. The molecule has 0 aliphatic heterocycles. The lowest BCUT2D eigenvalue weighted by Crippen LogP contribution is -1.95. The Morgan fingerprint density at radius 1 is 1.46 bits per heavy atom. The summed E-state index contributed by atoms with van der Waals surface area (Å²) in [6, 6.07) is 4.00. The van der Waals surface area contributed by atoms with Gasteiger partial charge in [-0.15, -0.1) is 0 Å². The van der Waals surface area contributed by atoms with Gasteiger partial charge in [-0.25, -0.2) is 4.52 Å². The van der Waals surface area contributed by atoms with Crippen LogP contribution in [-0.2, 0) is 0 Å². The normalized spacial score (nSPS) is 11.3. The molecule has 0 radical (unpaired) electrons. The molecule has 0 aliphatic carbocycles. The van der Waals surface area contributed by atoms with E-state index >= 15 is 0 Å². The Kier molecular flexibility index (Phi) is 1.72. The van der Waals surface area contributed by atoms with Crippen molar-refractivity contribution in [3.05, 3.63) is 30.1 Å². The molecule has 0 aliphatic rings. The zero-order valence-electron chi connectivity index (χ0n) is 7.86.